The molecule has 4 N–H and O–H groups in total. The molecular formula is C26H22F3N5O4. The Morgan fingerprint density at radius 1 is 1.21 bits per heavy atom. The number of hydrogen-bond acceptors (Lipinski definition) is 4. The Morgan fingerprint density at radius 3 is 2.53 bits per heavy atom. The van der Waals surface area contributed by atoms with Crippen LogP contribution in [0.4, 0.5) is 24.5 Å². The van der Waals surface area contributed by atoms with E-state index < -0.39 is 12.1 Å². The lowest BCUT2D eigenvalue weighted by molar-refractivity contribution is -0.192. The monoisotopic (exact) mass is 525 g/mol. The van der Waals surface area contributed by atoms with Crippen molar-refractivity contribution in [2.75, 3.05) is 11.9 Å². The van der Waals surface area contributed by atoms with Crippen LogP contribution in [0.25, 0.3) is 16.5 Å². The minimum absolute atomic E-state index is 0.168. The van der Waals surface area contributed by atoms with Gasteiger partial charge in [0.15, 0.2) is 5.69 Å². The molecule has 1 aliphatic heterocycles. The Morgan fingerprint density at radius 2 is 1.92 bits per heavy atom. The number of aryl methyl sites for hydroxylation is 1. The number of hydrogen-bond donors (Lipinski definition) is 4. The SMILES string of the molecule is O=C(O)C(F)(F)F.[C-]#[N+]c1ccc2c(c1)/C(=C/c1[nH]c(C)c(C(=O)NCCc3ccccn3)c1C)C(=O)N2. The zero-order valence-corrected chi connectivity index (χ0v) is 20.2. The zero-order valence-electron chi connectivity index (χ0n) is 20.2. The van der Waals surface area contributed by atoms with Crippen molar-refractivity contribution >= 4 is 40.8 Å². The number of aromatic nitrogens is 2. The predicted molar refractivity (Wildman–Crippen MR) is 133 cm³/mol. The third kappa shape index (κ3) is 6.44. The highest BCUT2D eigenvalue weighted by Gasteiger charge is 2.38. The second-order valence-electron chi connectivity index (χ2n) is 8.15. The lowest BCUT2D eigenvalue weighted by Crippen LogP contribution is -2.26. The second-order valence-corrected chi connectivity index (χ2v) is 8.15. The van der Waals surface area contributed by atoms with Crippen molar-refractivity contribution in [1.29, 1.82) is 0 Å². The number of nitrogens with zero attached hydrogens (tertiary/aromatic N) is 2. The predicted octanol–water partition coefficient (Wildman–Crippen LogP) is 4.68. The number of benzene rings is 1. The number of carboxylic acid groups (broad SMARTS) is 1. The molecule has 0 aliphatic carbocycles. The number of alkyl halides is 3. The molecule has 12 heteroatoms. The molecule has 0 bridgehead atoms. The van der Waals surface area contributed by atoms with Gasteiger partial charge in [0, 0.05) is 53.1 Å². The van der Waals surface area contributed by atoms with Crippen molar-refractivity contribution in [3.63, 3.8) is 0 Å². The molecule has 0 radical (unpaired) electrons. The first-order valence-corrected chi connectivity index (χ1v) is 11.1. The van der Waals surface area contributed by atoms with E-state index in [1.807, 2.05) is 32.0 Å². The minimum Gasteiger partial charge on any atom is -0.475 e. The van der Waals surface area contributed by atoms with Gasteiger partial charge in [-0.15, -0.1) is 0 Å². The number of aromatic amines is 1. The van der Waals surface area contributed by atoms with Gasteiger partial charge in [-0.2, -0.15) is 13.2 Å². The number of H-pyrrole nitrogens is 1. The fraction of sp³-hybridized carbons (Fsp3) is 0.192. The summed E-state index contributed by atoms with van der Waals surface area (Å²) in [4.78, 5) is 45.1. The molecule has 3 heterocycles. The first kappa shape index (κ1) is 27.7. The maximum atomic E-state index is 12.8. The van der Waals surface area contributed by atoms with Gasteiger partial charge in [0.05, 0.1) is 12.1 Å². The summed E-state index contributed by atoms with van der Waals surface area (Å²) in [7, 11) is 0. The van der Waals surface area contributed by atoms with Crippen LogP contribution in [-0.2, 0) is 16.0 Å². The topological polar surface area (TPSA) is 129 Å². The van der Waals surface area contributed by atoms with Crippen molar-refractivity contribution < 1.29 is 32.7 Å². The van der Waals surface area contributed by atoms with E-state index in [4.69, 9.17) is 16.5 Å². The molecule has 4 rings (SSSR count). The van der Waals surface area contributed by atoms with E-state index in [9.17, 15) is 22.8 Å². The molecule has 0 unspecified atom stereocenters. The number of halogens is 3. The fourth-order valence-electron chi connectivity index (χ4n) is 3.73. The average Bonchev–Trinajstić information content (AvgIpc) is 3.33. The van der Waals surface area contributed by atoms with E-state index in [0.29, 0.717) is 46.7 Å². The number of amides is 2. The van der Waals surface area contributed by atoms with Gasteiger partial charge in [0.2, 0.25) is 0 Å². The van der Waals surface area contributed by atoms with Crippen molar-refractivity contribution in [3.8, 4) is 0 Å². The highest BCUT2D eigenvalue weighted by Crippen LogP contribution is 2.36. The number of pyridine rings is 1. The summed E-state index contributed by atoms with van der Waals surface area (Å²) in [6.45, 7) is 11.4. The van der Waals surface area contributed by atoms with Gasteiger partial charge in [-0.1, -0.05) is 12.1 Å². The number of carbonyl (C=O) groups is 3. The number of carbonyl (C=O) groups excluding carboxylic acids is 2. The molecular weight excluding hydrogens is 503 g/mol. The van der Waals surface area contributed by atoms with E-state index >= 15 is 0 Å². The van der Waals surface area contributed by atoms with E-state index in [1.165, 1.54) is 0 Å². The number of nitrogens with one attached hydrogen (secondary N) is 3. The van der Waals surface area contributed by atoms with Crippen LogP contribution in [0.15, 0.2) is 42.6 Å². The number of fused-ring (bicyclic) bond motifs is 1. The number of anilines is 1. The molecule has 0 saturated carbocycles. The largest absolute Gasteiger partial charge is 0.490 e. The van der Waals surface area contributed by atoms with Crippen LogP contribution in [0.3, 0.4) is 0 Å². The summed E-state index contributed by atoms with van der Waals surface area (Å²) in [5.41, 5.74) is 5.97. The van der Waals surface area contributed by atoms with E-state index in [1.54, 1.807) is 30.5 Å². The Bertz CT molecular complexity index is 1450. The first-order chi connectivity index (χ1) is 17.9. The van der Waals surface area contributed by atoms with Crippen LogP contribution in [-0.4, -0.2) is 45.6 Å². The fourth-order valence-corrected chi connectivity index (χ4v) is 3.73. The quantitative estimate of drug-likeness (QED) is 0.284. The summed E-state index contributed by atoms with van der Waals surface area (Å²) in [5.74, 6) is -3.16. The lowest BCUT2D eigenvalue weighted by Gasteiger charge is -2.06. The van der Waals surface area contributed by atoms with Gasteiger partial charge in [-0.25, -0.2) is 9.64 Å². The van der Waals surface area contributed by atoms with Gasteiger partial charge in [-0.3, -0.25) is 14.6 Å². The number of rotatable bonds is 5. The van der Waals surface area contributed by atoms with Gasteiger partial charge >= 0.3 is 12.1 Å². The van der Waals surface area contributed by atoms with Crippen molar-refractivity contribution in [3.05, 3.63) is 87.8 Å². The molecule has 0 saturated heterocycles. The first-order valence-electron chi connectivity index (χ1n) is 11.1. The summed E-state index contributed by atoms with van der Waals surface area (Å²) < 4.78 is 31.7. The second kappa shape index (κ2) is 11.4. The molecule has 0 spiro atoms. The molecule has 2 aromatic heterocycles. The number of aliphatic carboxylic acids is 1. The van der Waals surface area contributed by atoms with E-state index in [0.717, 1.165) is 17.0 Å². The summed E-state index contributed by atoms with van der Waals surface area (Å²) in [6, 6.07) is 10.8. The molecule has 38 heavy (non-hydrogen) atoms. The normalized spacial score (nSPS) is 13.2. The van der Waals surface area contributed by atoms with Gasteiger partial charge < -0.3 is 20.7 Å². The van der Waals surface area contributed by atoms with E-state index in [-0.39, 0.29) is 11.8 Å². The molecule has 2 amide bonds. The Hall–Kier alpha value is -4.92. The van der Waals surface area contributed by atoms with Gasteiger partial charge in [0.1, 0.15) is 0 Å². The summed E-state index contributed by atoms with van der Waals surface area (Å²) in [5, 5.41) is 12.9. The van der Waals surface area contributed by atoms with Crippen LogP contribution in [0.1, 0.15) is 38.6 Å². The molecule has 0 fully saturated rings. The Labute approximate surface area is 215 Å². The minimum atomic E-state index is -5.08. The van der Waals surface area contributed by atoms with Crippen LogP contribution in [0, 0.1) is 20.4 Å². The summed E-state index contributed by atoms with van der Waals surface area (Å²) >= 11 is 0. The molecule has 1 aromatic carbocycles. The summed E-state index contributed by atoms with van der Waals surface area (Å²) in [6.07, 6.45) is -0.968. The highest BCUT2D eigenvalue weighted by atomic mass is 19.4. The van der Waals surface area contributed by atoms with E-state index in [2.05, 4.69) is 25.4 Å². The molecule has 9 nitrogen and oxygen atoms in total. The molecule has 1 aliphatic rings. The van der Waals surface area contributed by atoms with Crippen LogP contribution in [0.5, 0.6) is 0 Å². The average molecular weight is 525 g/mol. The molecule has 0 atom stereocenters. The third-order valence-electron chi connectivity index (χ3n) is 5.54. The van der Waals surface area contributed by atoms with Crippen LogP contribution in [0.2, 0.25) is 0 Å². The molecule has 196 valence electrons. The molecule has 3 aromatic rings. The van der Waals surface area contributed by atoms with Crippen molar-refractivity contribution in [2.24, 2.45) is 0 Å². The third-order valence-corrected chi connectivity index (χ3v) is 5.54. The van der Waals surface area contributed by atoms with Gasteiger partial charge in [-0.05, 0) is 49.8 Å². The highest BCUT2D eigenvalue weighted by molar-refractivity contribution is 6.35. The maximum absolute atomic E-state index is 12.8. The number of carboxylic acids is 1. The standard InChI is InChI=1S/C24H21N5O2.C2HF3O2/c1-14-21(13-19-18-12-17(25-3)7-8-20(18)29-23(19)30)28-15(2)22(14)24(31)27-11-9-16-6-4-5-10-26-16;3-2(4,5)1(6)7/h4-8,10,12-13,28H,9,11H2,1-2H3,(H,27,31)(H,29,30);(H,6,7)/b19-13-;. The lowest BCUT2D eigenvalue weighted by atomic mass is 10.0. The van der Waals surface area contributed by atoms with Crippen LogP contribution < -0.4 is 10.6 Å². The zero-order chi connectivity index (χ0) is 28.0. The smallest absolute Gasteiger partial charge is 0.475 e. The van der Waals surface area contributed by atoms with Crippen molar-refractivity contribution in [1.82, 2.24) is 15.3 Å². The maximum Gasteiger partial charge on any atom is 0.490 e. The Balaban J connectivity index is 0.000000505. The Kier molecular flexibility index (Phi) is 8.32. The van der Waals surface area contributed by atoms with Crippen LogP contribution >= 0.6 is 0 Å². The van der Waals surface area contributed by atoms with Crippen molar-refractivity contribution in [2.45, 2.75) is 26.4 Å². The van der Waals surface area contributed by atoms with Gasteiger partial charge in [0.25, 0.3) is 11.8 Å².